The molecule has 5 heteroatoms. The van der Waals surface area contributed by atoms with E-state index in [9.17, 15) is 9.90 Å². The monoisotopic (exact) mass is 279 g/mol. The van der Waals surface area contributed by atoms with Gasteiger partial charge in [0.1, 0.15) is 11.5 Å². The molecule has 5 nitrogen and oxygen atoms in total. The quantitative estimate of drug-likeness (QED) is 0.888. The zero-order valence-electron chi connectivity index (χ0n) is 12.1. The third kappa shape index (κ3) is 3.04. The molecule has 0 aliphatic heterocycles. The van der Waals surface area contributed by atoms with Gasteiger partial charge in [0, 0.05) is 13.6 Å². The van der Waals surface area contributed by atoms with Crippen molar-refractivity contribution in [1.29, 1.82) is 0 Å². The summed E-state index contributed by atoms with van der Waals surface area (Å²) in [5.41, 5.74) is 0.495. The Kier molecular flexibility index (Phi) is 4.49. The average molecular weight is 279 g/mol. The first-order valence-corrected chi connectivity index (χ1v) is 6.70. The van der Waals surface area contributed by atoms with Crippen molar-refractivity contribution in [3.8, 4) is 11.5 Å². The predicted octanol–water partition coefficient (Wildman–Crippen LogP) is 1.55. The minimum absolute atomic E-state index is 0.0952. The molecule has 0 unspecified atom stereocenters. The fourth-order valence-electron chi connectivity index (χ4n) is 2.51. The van der Waals surface area contributed by atoms with Crippen molar-refractivity contribution in [2.24, 2.45) is 5.92 Å². The molecule has 20 heavy (non-hydrogen) atoms. The van der Waals surface area contributed by atoms with Crippen LogP contribution in [0.15, 0.2) is 18.2 Å². The summed E-state index contributed by atoms with van der Waals surface area (Å²) in [7, 11) is 4.88. The Balaban J connectivity index is 2.10. The minimum atomic E-state index is -0.199. The second kappa shape index (κ2) is 6.13. The molecule has 0 saturated heterocycles. The highest BCUT2D eigenvalue weighted by molar-refractivity contribution is 5.97. The Hall–Kier alpha value is -1.75. The number of methoxy groups -OCH3 is 2. The maximum Gasteiger partial charge on any atom is 0.257 e. The maximum atomic E-state index is 12.5. The van der Waals surface area contributed by atoms with Gasteiger partial charge in [-0.1, -0.05) is 0 Å². The van der Waals surface area contributed by atoms with Crippen LogP contribution in [0.4, 0.5) is 0 Å². The van der Waals surface area contributed by atoms with Gasteiger partial charge in [-0.05, 0) is 37.0 Å². The number of aliphatic hydroxyl groups is 1. The lowest BCUT2D eigenvalue weighted by molar-refractivity contribution is 0.0264. The van der Waals surface area contributed by atoms with E-state index in [1.54, 1.807) is 44.4 Å². The van der Waals surface area contributed by atoms with Gasteiger partial charge in [-0.3, -0.25) is 4.79 Å². The molecule has 0 heterocycles. The van der Waals surface area contributed by atoms with E-state index in [0.717, 1.165) is 12.8 Å². The van der Waals surface area contributed by atoms with Crippen molar-refractivity contribution in [2.75, 3.05) is 27.8 Å². The largest absolute Gasteiger partial charge is 0.497 e. The second-order valence-corrected chi connectivity index (χ2v) is 5.24. The first-order valence-electron chi connectivity index (χ1n) is 6.70. The van der Waals surface area contributed by atoms with E-state index in [4.69, 9.17) is 9.47 Å². The molecule has 1 aliphatic rings. The van der Waals surface area contributed by atoms with E-state index < -0.39 is 0 Å². The SMILES string of the molecule is COc1ccc(OC)c(C(=O)N(C)CC2CC(O)C2)c1. The van der Waals surface area contributed by atoms with Gasteiger partial charge in [0.2, 0.25) is 0 Å². The van der Waals surface area contributed by atoms with Crippen molar-refractivity contribution in [2.45, 2.75) is 18.9 Å². The molecule has 1 N–H and O–H groups in total. The van der Waals surface area contributed by atoms with E-state index in [0.29, 0.717) is 29.5 Å². The van der Waals surface area contributed by atoms with E-state index in [1.807, 2.05) is 0 Å². The van der Waals surface area contributed by atoms with Gasteiger partial charge < -0.3 is 19.5 Å². The second-order valence-electron chi connectivity index (χ2n) is 5.24. The number of amides is 1. The van der Waals surface area contributed by atoms with Crippen LogP contribution in [0, 0.1) is 5.92 Å². The summed E-state index contributed by atoms with van der Waals surface area (Å²) in [6.45, 7) is 0.649. The highest BCUT2D eigenvalue weighted by Gasteiger charge is 2.29. The lowest BCUT2D eigenvalue weighted by Gasteiger charge is -2.34. The third-order valence-corrected chi connectivity index (χ3v) is 3.73. The average Bonchev–Trinajstić information content (AvgIpc) is 2.43. The number of hydrogen-bond acceptors (Lipinski definition) is 4. The number of benzene rings is 1. The van der Waals surface area contributed by atoms with Crippen LogP contribution in [0.3, 0.4) is 0 Å². The molecule has 110 valence electrons. The van der Waals surface area contributed by atoms with Crippen molar-refractivity contribution >= 4 is 5.91 Å². The molecule has 0 radical (unpaired) electrons. The molecule has 0 atom stereocenters. The Morgan fingerprint density at radius 1 is 1.35 bits per heavy atom. The number of aliphatic hydroxyl groups excluding tert-OH is 1. The highest BCUT2D eigenvalue weighted by Crippen LogP contribution is 2.29. The molecule has 1 saturated carbocycles. The summed E-state index contributed by atoms with van der Waals surface area (Å²) in [6.07, 6.45) is 1.34. The molecule has 0 spiro atoms. The van der Waals surface area contributed by atoms with Crippen LogP contribution in [0.5, 0.6) is 11.5 Å². The van der Waals surface area contributed by atoms with E-state index >= 15 is 0 Å². The van der Waals surface area contributed by atoms with Gasteiger partial charge in [0.25, 0.3) is 5.91 Å². The summed E-state index contributed by atoms with van der Waals surface area (Å²) in [6, 6.07) is 5.18. The highest BCUT2D eigenvalue weighted by atomic mass is 16.5. The number of ether oxygens (including phenoxy) is 2. The normalized spacial score (nSPS) is 21.0. The molecule has 1 aromatic rings. The fraction of sp³-hybridized carbons (Fsp3) is 0.533. The molecular weight excluding hydrogens is 258 g/mol. The fourth-order valence-corrected chi connectivity index (χ4v) is 2.51. The number of carbonyl (C=O) groups is 1. The summed E-state index contributed by atoms with van der Waals surface area (Å²) in [5, 5.41) is 9.30. The van der Waals surface area contributed by atoms with Crippen LogP contribution in [-0.2, 0) is 0 Å². The summed E-state index contributed by atoms with van der Waals surface area (Å²) >= 11 is 0. The van der Waals surface area contributed by atoms with E-state index in [1.165, 1.54) is 0 Å². The van der Waals surface area contributed by atoms with Crippen molar-refractivity contribution < 1.29 is 19.4 Å². The van der Waals surface area contributed by atoms with Gasteiger partial charge in [-0.2, -0.15) is 0 Å². The van der Waals surface area contributed by atoms with Crippen molar-refractivity contribution in [3.63, 3.8) is 0 Å². The Labute approximate surface area is 119 Å². The van der Waals surface area contributed by atoms with E-state index in [2.05, 4.69) is 0 Å². The molecule has 1 fully saturated rings. The maximum absolute atomic E-state index is 12.5. The standard InChI is InChI=1S/C15H21NO4/c1-16(9-10-6-11(17)7-10)15(18)13-8-12(19-2)4-5-14(13)20-3/h4-5,8,10-11,17H,6-7,9H2,1-3H3. The lowest BCUT2D eigenvalue weighted by Crippen LogP contribution is -2.39. The summed E-state index contributed by atoms with van der Waals surface area (Å²) < 4.78 is 10.4. The number of carbonyl (C=O) groups excluding carboxylic acids is 1. The van der Waals surface area contributed by atoms with Gasteiger partial charge in [0.15, 0.2) is 0 Å². The number of rotatable bonds is 5. The van der Waals surface area contributed by atoms with Gasteiger partial charge >= 0.3 is 0 Å². The molecular formula is C15H21NO4. The van der Waals surface area contributed by atoms with Crippen molar-refractivity contribution in [3.05, 3.63) is 23.8 Å². The Bertz CT molecular complexity index is 483. The molecule has 0 aromatic heterocycles. The molecule has 1 aromatic carbocycles. The zero-order valence-corrected chi connectivity index (χ0v) is 12.1. The van der Waals surface area contributed by atoms with Crippen LogP contribution in [0.25, 0.3) is 0 Å². The third-order valence-electron chi connectivity index (χ3n) is 3.73. The summed E-state index contributed by atoms with van der Waals surface area (Å²) in [5.74, 6) is 1.45. The lowest BCUT2D eigenvalue weighted by atomic mass is 9.82. The molecule has 1 amide bonds. The topological polar surface area (TPSA) is 59.0 Å². The Morgan fingerprint density at radius 3 is 2.60 bits per heavy atom. The zero-order chi connectivity index (χ0) is 14.7. The van der Waals surface area contributed by atoms with Gasteiger partial charge in [-0.15, -0.1) is 0 Å². The molecule has 1 aliphatic carbocycles. The first-order chi connectivity index (χ1) is 9.55. The van der Waals surface area contributed by atoms with Crippen LogP contribution in [0.2, 0.25) is 0 Å². The van der Waals surface area contributed by atoms with Crippen LogP contribution >= 0.6 is 0 Å². The minimum Gasteiger partial charge on any atom is -0.497 e. The van der Waals surface area contributed by atoms with Crippen molar-refractivity contribution in [1.82, 2.24) is 4.90 Å². The van der Waals surface area contributed by atoms with E-state index in [-0.39, 0.29) is 12.0 Å². The molecule has 2 rings (SSSR count). The predicted molar refractivity (Wildman–Crippen MR) is 75.2 cm³/mol. The first kappa shape index (κ1) is 14.7. The van der Waals surface area contributed by atoms with Crippen LogP contribution in [0.1, 0.15) is 23.2 Å². The van der Waals surface area contributed by atoms with Gasteiger partial charge in [-0.25, -0.2) is 0 Å². The summed E-state index contributed by atoms with van der Waals surface area (Å²) in [4.78, 5) is 14.2. The van der Waals surface area contributed by atoms with Gasteiger partial charge in [0.05, 0.1) is 25.9 Å². The Morgan fingerprint density at radius 2 is 2.05 bits per heavy atom. The van der Waals surface area contributed by atoms with Crippen LogP contribution < -0.4 is 9.47 Å². The number of nitrogens with zero attached hydrogens (tertiary/aromatic N) is 1. The molecule has 0 bridgehead atoms. The number of hydrogen-bond donors (Lipinski definition) is 1. The van der Waals surface area contributed by atoms with Crippen LogP contribution in [-0.4, -0.2) is 49.8 Å². The smallest absolute Gasteiger partial charge is 0.257 e.